The maximum Gasteiger partial charge on any atom is 0.128 e. The lowest BCUT2D eigenvalue weighted by Crippen LogP contribution is -1.97. The molecule has 0 aliphatic heterocycles. The Morgan fingerprint density at radius 1 is 1.44 bits per heavy atom. The SMILES string of the molecule is CCCCn1c(Cl)c(C#N)c2cc(OC)ccc21. The molecule has 1 aromatic heterocycles. The minimum absolute atomic E-state index is 0.522. The molecule has 18 heavy (non-hydrogen) atoms. The van der Waals surface area contributed by atoms with Gasteiger partial charge in [0.1, 0.15) is 17.0 Å². The van der Waals surface area contributed by atoms with E-state index in [1.807, 2.05) is 22.8 Å². The highest BCUT2D eigenvalue weighted by molar-refractivity contribution is 6.32. The largest absolute Gasteiger partial charge is 0.497 e. The second-order valence-electron chi connectivity index (χ2n) is 4.17. The number of unbranched alkanes of at least 4 members (excludes halogenated alkanes) is 1. The third-order valence-electron chi connectivity index (χ3n) is 3.05. The Hall–Kier alpha value is -1.66. The fourth-order valence-corrected chi connectivity index (χ4v) is 2.39. The van der Waals surface area contributed by atoms with Crippen LogP contribution in [0.3, 0.4) is 0 Å². The van der Waals surface area contributed by atoms with Crippen molar-refractivity contribution in [3.63, 3.8) is 0 Å². The maximum atomic E-state index is 9.23. The number of halogens is 1. The molecule has 0 aliphatic rings. The molecule has 0 spiro atoms. The third-order valence-corrected chi connectivity index (χ3v) is 3.45. The van der Waals surface area contributed by atoms with E-state index in [2.05, 4.69) is 13.0 Å². The standard InChI is InChI=1S/C14H15ClN2O/c1-3-4-7-17-13-6-5-10(18-2)8-11(13)12(9-16)14(17)15/h5-6,8H,3-4,7H2,1-2H3. The zero-order chi connectivity index (χ0) is 13.1. The van der Waals surface area contributed by atoms with E-state index >= 15 is 0 Å². The van der Waals surface area contributed by atoms with E-state index in [-0.39, 0.29) is 0 Å². The topological polar surface area (TPSA) is 38.0 Å². The summed E-state index contributed by atoms with van der Waals surface area (Å²) in [5.41, 5.74) is 1.52. The summed E-state index contributed by atoms with van der Waals surface area (Å²) in [5, 5.41) is 10.6. The Morgan fingerprint density at radius 2 is 2.22 bits per heavy atom. The van der Waals surface area contributed by atoms with Crippen LogP contribution in [0, 0.1) is 11.3 Å². The highest BCUT2D eigenvalue weighted by Gasteiger charge is 2.15. The van der Waals surface area contributed by atoms with Gasteiger partial charge in [0.2, 0.25) is 0 Å². The molecular formula is C14H15ClN2O. The van der Waals surface area contributed by atoms with Crippen LogP contribution in [-0.2, 0) is 6.54 Å². The van der Waals surface area contributed by atoms with Crippen LogP contribution in [0.1, 0.15) is 25.3 Å². The van der Waals surface area contributed by atoms with Gasteiger partial charge in [0.05, 0.1) is 18.2 Å². The molecule has 0 saturated carbocycles. The molecule has 2 aromatic rings. The van der Waals surface area contributed by atoms with Crippen molar-refractivity contribution in [2.24, 2.45) is 0 Å². The Balaban J connectivity index is 2.65. The second kappa shape index (κ2) is 5.32. The van der Waals surface area contributed by atoms with Crippen LogP contribution in [-0.4, -0.2) is 11.7 Å². The number of benzene rings is 1. The number of methoxy groups -OCH3 is 1. The molecule has 0 amide bonds. The van der Waals surface area contributed by atoms with Crippen LogP contribution in [0.5, 0.6) is 5.75 Å². The first-order chi connectivity index (χ1) is 8.72. The summed E-state index contributed by atoms with van der Waals surface area (Å²) < 4.78 is 7.19. The molecule has 2 rings (SSSR count). The van der Waals surface area contributed by atoms with Crippen molar-refractivity contribution >= 4 is 22.5 Å². The van der Waals surface area contributed by atoms with Gasteiger partial charge in [0.15, 0.2) is 0 Å². The molecule has 0 unspecified atom stereocenters. The van der Waals surface area contributed by atoms with E-state index in [4.69, 9.17) is 16.3 Å². The van der Waals surface area contributed by atoms with Crippen molar-refractivity contribution in [1.82, 2.24) is 4.57 Å². The Kier molecular flexibility index (Phi) is 3.78. The van der Waals surface area contributed by atoms with Crippen molar-refractivity contribution in [3.8, 4) is 11.8 Å². The predicted molar refractivity (Wildman–Crippen MR) is 73.1 cm³/mol. The molecule has 0 fully saturated rings. The van der Waals surface area contributed by atoms with Gasteiger partial charge in [0, 0.05) is 11.9 Å². The number of rotatable bonds is 4. The number of aryl methyl sites for hydroxylation is 1. The minimum atomic E-state index is 0.522. The fourth-order valence-electron chi connectivity index (χ4n) is 2.07. The van der Waals surface area contributed by atoms with E-state index in [1.165, 1.54) is 0 Å². The average molecular weight is 263 g/mol. The van der Waals surface area contributed by atoms with Gasteiger partial charge in [0.25, 0.3) is 0 Å². The molecule has 0 atom stereocenters. The van der Waals surface area contributed by atoms with Gasteiger partial charge in [-0.2, -0.15) is 5.26 Å². The number of nitriles is 1. The van der Waals surface area contributed by atoms with Gasteiger partial charge in [-0.3, -0.25) is 0 Å². The van der Waals surface area contributed by atoms with Gasteiger partial charge >= 0.3 is 0 Å². The molecule has 3 nitrogen and oxygen atoms in total. The molecule has 0 radical (unpaired) electrons. The summed E-state index contributed by atoms with van der Waals surface area (Å²) >= 11 is 6.28. The summed E-state index contributed by atoms with van der Waals surface area (Å²) in [7, 11) is 1.61. The number of aromatic nitrogens is 1. The monoisotopic (exact) mass is 262 g/mol. The smallest absolute Gasteiger partial charge is 0.128 e. The van der Waals surface area contributed by atoms with Crippen molar-refractivity contribution in [3.05, 3.63) is 28.9 Å². The number of ether oxygens (including phenoxy) is 1. The van der Waals surface area contributed by atoms with Crippen molar-refractivity contribution in [2.45, 2.75) is 26.3 Å². The van der Waals surface area contributed by atoms with Gasteiger partial charge in [-0.15, -0.1) is 0 Å². The summed E-state index contributed by atoms with van der Waals surface area (Å²) in [6.45, 7) is 2.97. The number of hydrogen-bond acceptors (Lipinski definition) is 2. The maximum absolute atomic E-state index is 9.23. The van der Waals surface area contributed by atoms with E-state index in [0.717, 1.165) is 36.0 Å². The zero-order valence-corrected chi connectivity index (χ0v) is 11.3. The summed E-state index contributed by atoms with van der Waals surface area (Å²) in [4.78, 5) is 0. The van der Waals surface area contributed by atoms with Gasteiger partial charge < -0.3 is 9.30 Å². The first-order valence-corrected chi connectivity index (χ1v) is 6.36. The normalized spacial score (nSPS) is 10.6. The fraction of sp³-hybridized carbons (Fsp3) is 0.357. The first kappa shape index (κ1) is 12.8. The lowest BCUT2D eigenvalue weighted by atomic mass is 10.2. The number of hydrogen-bond donors (Lipinski definition) is 0. The highest BCUT2D eigenvalue weighted by atomic mass is 35.5. The van der Waals surface area contributed by atoms with Crippen LogP contribution < -0.4 is 4.74 Å². The van der Waals surface area contributed by atoms with Crippen molar-refractivity contribution in [1.29, 1.82) is 5.26 Å². The van der Waals surface area contributed by atoms with E-state index in [1.54, 1.807) is 7.11 Å². The predicted octanol–water partition coefficient (Wildman–Crippen LogP) is 3.98. The quantitative estimate of drug-likeness (QED) is 0.836. The third kappa shape index (κ3) is 2.04. The molecule has 1 aromatic carbocycles. The Morgan fingerprint density at radius 3 is 2.83 bits per heavy atom. The summed E-state index contributed by atoms with van der Waals surface area (Å²) in [5.74, 6) is 0.739. The van der Waals surface area contributed by atoms with E-state index in [9.17, 15) is 5.26 Å². The van der Waals surface area contributed by atoms with Crippen LogP contribution in [0.4, 0.5) is 0 Å². The van der Waals surface area contributed by atoms with Gasteiger partial charge in [-0.25, -0.2) is 0 Å². The average Bonchev–Trinajstić information content (AvgIpc) is 2.66. The Labute approximate surface area is 112 Å². The van der Waals surface area contributed by atoms with Crippen molar-refractivity contribution < 1.29 is 4.74 Å². The molecule has 1 heterocycles. The first-order valence-electron chi connectivity index (χ1n) is 5.98. The molecule has 0 N–H and O–H groups in total. The summed E-state index contributed by atoms with van der Waals surface area (Å²) in [6, 6.07) is 7.89. The van der Waals surface area contributed by atoms with Gasteiger partial charge in [-0.1, -0.05) is 24.9 Å². The van der Waals surface area contributed by atoms with E-state index in [0.29, 0.717) is 10.7 Å². The number of fused-ring (bicyclic) bond motifs is 1. The van der Waals surface area contributed by atoms with E-state index < -0.39 is 0 Å². The second-order valence-corrected chi connectivity index (χ2v) is 4.52. The molecule has 0 aliphatic carbocycles. The highest BCUT2D eigenvalue weighted by Crippen LogP contribution is 2.32. The van der Waals surface area contributed by atoms with Crippen LogP contribution >= 0.6 is 11.6 Å². The molecule has 94 valence electrons. The van der Waals surface area contributed by atoms with Crippen LogP contribution in [0.2, 0.25) is 5.15 Å². The Bertz CT molecular complexity index is 610. The minimum Gasteiger partial charge on any atom is -0.497 e. The molecular weight excluding hydrogens is 248 g/mol. The van der Waals surface area contributed by atoms with Gasteiger partial charge in [-0.05, 0) is 24.6 Å². The molecule has 4 heteroatoms. The lowest BCUT2D eigenvalue weighted by Gasteiger charge is -2.06. The van der Waals surface area contributed by atoms with Crippen LogP contribution in [0.15, 0.2) is 18.2 Å². The zero-order valence-electron chi connectivity index (χ0n) is 10.5. The molecule has 0 saturated heterocycles. The summed E-state index contributed by atoms with van der Waals surface area (Å²) in [6.07, 6.45) is 2.13. The molecule has 0 bridgehead atoms. The van der Waals surface area contributed by atoms with Crippen LogP contribution in [0.25, 0.3) is 10.9 Å². The lowest BCUT2D eigenvalue weighted by molar-refractivity contribution is 0.415. The van der Waals surface area contributed by atoms with Crippen molar-refractivity contribution in [2.75, 3.05) is 7.11 Å². The number of nitrogens with zero attached hydrogens (tertiary/aromatic N) is 2.